The van der Waals surface area contributed by atoms with Crippen LogP contribution in [0.15, 0.2) is 41.3 Å². The number of anilines is 4. The summed E-state index contributed by atoms with van der Waals surface area (Å²) in [5, 5.41) is 9.96. The average Bonchev–Trinajstić information content (AvgIpc) is 2.99. The number of rotatable bonds is 5. The zero-order chi connectivity index (χ0) is 21.4. The number of aryl methyl sites for hydroxylation is 2. The van der Waals surface area contributed by atoms with Crippen molar-refractivity contribution in [3.63, 3.8) is 0 Å². The molecule has 8 nitrogen and oxygen atoms in total. The standard InChI is InChI=1S/C20H18ClFN6O2/c1-10-7-15(23-9-12(10)22)25-16-8-14(17-19(26-16)27-28(2)20(17)29)24-13-6-4-5-11(21)18(13)30-3/h4-9H,1-3H3,(H3,23,24,25,26,27). The van der Waals surface area contributed by atoms with Gasteiger partial charge < -0.3 is 15.4 Å². The number of nitrogens with zero attached hydrogens (tertiary/aromatic N) is 3. The van der Waals surface area contributed by atoms with Gasteiger partial charge in [0.05, 0.1) is 29.7 Å². The molecule has 0 aliphatic rings. The molecule has 0 amide bonds. The van der Waals surface area contributed by atoms with Crippen LogP contribution in [0, 0.1) is 12.7 Å². The normalized spacial score (nSPS) is 11.0. The number of benzene rings is 1. The number of hydrogen-bond acceptors (Lipinski definition) is 6. The molecule has 0 fully saturated rings. The maximum atomic E-state index is 13.5. The molecule has 1 aromatic carbocycles. The van der Waals surface area contributed by atoms with E-state index in [-0.39, 0.29) is 5.56 Å². The highest BCUT2D eigenvalue weighted by Gasteiger charge is 2.16. The molecule has 0 saturated carbocycles. The van der Waals surface area contributed by atoms with Crippen LogP contribution >= 0.6 is 11.6 Å². The predicted octanol–water partition coefficient (Wildman–Crippen LogP) is 4.25. The highest BCUT2D eigenvalue weighted by molar-refractivity contribution is 6.32. The number of halogens is 2. The molecular formula is C20H18ClFN6O2. The minimum absolute atomic E-state index is 0.247. The van der Waals surface area contributed by atoms with Crippen molar-refractivity contribution in [2.75, 3.05) is 17.7 Å². The third-order valence-electron chi connectivity index (χ3n) is 4.56. The maximum Gasteiger partial charge on any atom is 0.277 e. The molecule has 0 bridgehead atoms. The molecule has 0 spiro atoms. The van der Waals surface area contributed by atoms with Crippen LogP contribution in [0.3, 0.4) is 0 Å². The van der Waals surface area contributed by atoms with Crippen LogP contribution < -0.4 is 20.9 Å². The lowest BCUT2D eigenvalue weighted by molar-refractivity contribution is 0.417. The first-order valence-electron chi connectivity index (χ1n) is 8.96. The highest BCUT2D eigenvalue weighted by Crippen LogP contribution is 2.36. The fourth-order valence-electron chi connectivity index (χ4n) is 3.08. The minimum atomic E-state index is -0.397. The molecule has 3 N–H and O–H groups in total. The summed E-state index contributed by atoms with van der Waals surface area (Å²) in [4.78, 5) is 21.1. The van der Waals surface area contributed by atoms with Crippen LogP contribution in [-0.2, 0) is 7.05 Å². The Morgan fingerprint density at radius 2 is 2.00 bits per heavy atom. The summed E-state index contributed by atoms with van der Waals surface area (Å²) < 4.78 is 20.2. The van der Waals surface area contributed by atoms with Crippen LogP contribution in [-0.4, -0.2) is 26.9 Å². The summed E-state index contributed by atoms with van der Waals surface area (Å²) in [6.07, 6.45) is 1.14. The van der Waals surface area contributed by atoms with Crippen molar-refractivity contribution in [2.45, 2.75) is 6.92 Å². The van der Waals surface area contributed by atoms with Crippen LogP contribution in [0.4, 0.5) is 27.4 Å². The van der Waals surface area contributed by atoms with E-state index in [2.05, 4.69) is 25.7 Å². The highest BCUT2D eigenvalue weighted by atomic mass is 35.5. The zero-order valence-electron chi connectivity index (χ0n) is 16.4. The molecule has 0 saturated heterocycles. The van der Waals surface area contributed by atoms with Crippen molar-refractivity contribution in [2.24, 2.45) is 7.05 Å². The fourth-order valence-corrected chi connectivity index (χ4v) is 3.33. The smallest absolute Gasteiger partial charge is 0.277 e. The van der Waals surface area contributed by atoms with Crippen LogP contribution in [0.2, 0.25) is 5.02 Å². The van der Waals surface area contributed by atoms with E-state index in [1.165, 1.54) is 11.8 Å². The SMILES string of the molecule is COc1c(Cl)cccc1Nc1cc(Nc2cc(C)c(F)cn2)nc2[nH]n(C)c(=O)c12. The number of nitrogens with one attached hydrogen (secondary N) is 3. The molecule has 0 radical (unpaired) electrons. The second kappa shape index (κ2) is 7.68. The number of para-hydroxylation sites is 1. The third kappa shape index (κ3) is 3.55. The molecular weight excluding hydrogens is 411 g/mol. The maximum absolute atomic E-state index is 13.5. The third-order valence-corrected chi connectivity index (χ3v) is 4.85. The van der Waals surface area contributed by atoms with Gasteiger partial charge in [-0.1, -0.05) is 17.7 Å². The van der Waals surface area contributed by atoms with E-state index in [9.17, 15) is 9.18 Å². The van der Waals surface area contributed by atoms with E-state index in [0.29, 0.717) is 50.4 Å². The van der Waals surface area contributed by atoms with E-state index in [4.69, 9.17) is 16.3 Å². The van der Waals surface area contributed by atoms with Crippen molar-refractivity contribution < 1.29 is 9.13 Å². The molecule has 0 aliphatic carbocycles. The van der Waals surface area contributed by atoms with Gasteiger partial charge in [-0.25, -0.2) is 14.4 Å². The Morgan fingerprint density at radius 3 is 2.73 bits per heavy atom. The molecule has 3 aromatic heterocycles. The summed E-state index contributed by atoms with van der Waals surface area (Å²) in [6.45, 7) is 1.64. The Morgan fingerprint density at radius 1 is 1.20 bits per heavy atom. The van der Waals surface area contributed by atoms with Crippen molar-refractivity contribution in [3.05, 3.63) is 63.3 Å². The van der Waals surface area contributed by atoms with Crippen LogP contribution in [0.5, 0.6) is 5.75 Å². The molecule has 0 atom stereocenters. The van der Waals surface area contributed by atoms with Crippen molar-refractivity contribution in [1.29, 1.82) is 0 Å². The van der Waals surface area contributed by atoms with Crippen LogP contribution in [0.25, 0.3) is 11.0 Å². The van der Waals surface area contributed by atoms with Crippen molar-refractivity contribution >= 4 is 45.6 Å². The van der Waals surface area contributed by atoms with Gasteiger partial charge in [0.25, 0.3) is 5.56 Å². The second-order valence-electron chi connectivity index (χ2n) is 6.64. The quantitative estimate of drug-likeness (QED) is 0.439. The Balaban J connectivity index is 1.82. The van der Waals surface area contributed by atoms with Crippen molar-refractivity contribution in [1.82, 2.24) is 19.7 Å². The van der Waals surface area contributed by atoms with Crippen molar-refractivity contribution in [3.8, 4) is 5.75 Å². The first-order valence-corrected chi connectivity index (χ1v) is 9.33. The molecule has 4 aromatic rings. The number of aromatic nitrogens is 4. The van der Waals surface area contributed by atoms with E-state index in [0.717, 1.165) is 6.20 Å². The number of aromatic amines is 1. The van der Waals surface area contributed by atoms with E-state index in [1.807, 2.05) is 0 Å². The lowest BCUT2D eigenvalue weighted by Gasteiger charge is -2.14. The van der Waals surface area contributed by atoms with Gasteiger partial charge in [-0.05, 0) is 30.7 Å². The Kier molecular flexibility index (Phi) is 5.04. The van der Waals surface area contributed by atoms with Crippen LogP contribution in [0.1, 0.15) is 5.56 Å². The van der Waals surface area contributed by atoms with E-state index < -0.39 is 5.82 Å². The summed E-state index contributed by atoms with van der Waals surface area (Å²) in [5.74, 6) is 0.880. The molecule has 30 heavy (non-hydrogen) atoms. The monoisotopic (exact) mass is 428 g/mol. The Bertz CT molecular complexity index is 1320. The molecule has 154 valence electrons. The summed E-state index contributed by atoms with van der Waals surface area (Å²) in [6, 6.07) is 8.50. The average molecular weight is 429 g/mol. The Labute approximate surface area is 175 Å². The fraction of sp³-hybridized carbons (Fsp3) is 0.150. The molecule has 3 heterocycles. The minimum Gasteiger partial charge on any atom is -0.493 e. The van der Waals surface area contributed by atoms with Gasteiger partial charge in [0.15, 0.2) is 11.4 Å². The van der Waals surface area contributed by atoms with Gasteiger partial charge >= 0.3 is 0 Å². The molecule has 0 unspecified atom stereocenters. The lowest BCUT2D eigenvalue weighted by atomic mass is 10.2. The number of H-pyrrole nitrogens is 1. The summed E-state index contributed by atoms with van der Waals surface area (Å²) in [5.41, 5.74) is 1.65. The number of pyridine rings is 2. The number of ether oxygens (including phenoxy) is 1. The topological polar surface area (TPSA) is 96.9 Å². The molecule has 10 heteroatoms. The number of hydrogen-bond donors (Lipinski definition) is 3. The van der Waals surface area contributed by atoms with Gasteiger partial charge in [-0.3, -0.25) is 14.6 Å². The van der Waals surface area contributed by atoms with E-state index >= 15 is 0 Å². The first-order chi connectivity index (χ1) is 14.4. The Hall–Kier alpha value is -3.59. The summed E-state index contributed by atoms with van der Waals surface area (Å²) >= 11 is 6.21. The number of fused-ring (bicyclic) bond motifs is 1. The second-order valence-corrected chi connectivity index (χ2v) is 7.05. The lowest BCUT2D eigenvalue weighted by Crippen LogP contribution is -2.12. The molecule has 0 aliphatic heterocycles. The predicted molar refractivity (Wildman–Crippen MR) is 115 cm³/mol. The summed E-state index contributed by atoms with van der Waals surface area (Å²) in [7, 11) is 3.12. The van der Waals surface area contributed by atoms with Gasteiger partial charge in [0.2, 0.25) is 0 Å². The molecule has 4 rings (SSSR count). The zero-order valence-corrected chi connectivity index (χ0v) is 17.1. The largest absolute Gasteiger partial charge is 0.493 e. The van der Waals surface area contributed by atoms with Gasteiger partial charge in [-0.15, -0.1) is 0 Å². The number of methoxy groups -OCH3 is 1. The van der Waals surface area contributed by atoms with Gasteiger partial charge in [0, 0.05) is 13.1 Å². The first kappa shape index (κ1) is 19.7. The van der Waals surface area contributed by atoms with E-state index in [1.54, 1.807) is 44.3 Å². The van der Waals surface area contributed by atoms with Gasteiger partial charge in [0.1, 0.15) is 22.8 Å². The van der Waals surface area contributed by atoms with Gasteiger partial charge in [-0.2, -0.15) is 0 Å².